The fraction of sp³-hybridized carbons (Fsp3) is 0.533. The van der Waals surface area contributed by atoms with E-state index in [4.69, 9.17) is 0 Å². The van der Waals surface area contributed by atoms with Crippen LogP contribution >= 0.6 is 0 Å². The van der Waals surface area contributed by atoms with Gasteiger partial charge in [0.15, 0.2) is 0 Å². The van der Waals surface area contributed by atoms with Crippen LogP contribution in [0.1, 0.15) is 48.0 Å². The third kappa shape index (κ3) is 3.25. The Hall–Kier alpha value is -1.51. The number of rotatable bonds is 3. The summed E-state index contributed by atoms with van der Waals surface area (Å²) in [4.78, 5) is 12.0. The van der Waals surface area contributed by atoms with Gasteiger partial charge in [-0.1, -0.05) is 19.3 Å². The van der Waals surface area contributed by atoms with E-state index in [1.165, 1.54) is 32.1 Å². The number of aryl methyl sites for hydroxylation is 1. The van der Waals surface area contributed by atoms with Gasteiger partial charge in [-0.3, -0.25) is 4.79 Å². The van der Waals surface area contributed by atoms with E-state index < -0.39 is 0 Å². The van der Waals surface area contributed by atoms with Gasteiger partial charge in [-0.25, -0.2) is 0 Å². The zero-order chi connectivity index (χ0) is 13.0. The molecular formula is C15H21NO2. The molecule has 1 fully saturated rings. The number of carbonyl (C=O) groups is 1. The number of phenolic OH excluding ortho intramolecular Hbond substituents is 1. The van der Waals surface area contributed by atoms with E-state index in [-0.39, 0.29) is 11.7 Å². The number of hydrogen-bond donors (Lipinski definition) is 2. The summed E-state index contributed by atoms with van der Waals surface area (Å²) in [6.07, 6.45) is 6.38. The molecule has 3 heteroatoms. The second kappa shape index (κ2) is 5.89. The van der Waals surface area contributed by atoms with Crippen LogP contribution in [-0.2, 0) is 0 Å². The molecule has 0 spiro atoms. The standard InChI is InChI=1S/C15H21NO2/c1-11-9-13(7-8-14(11)17)15(18)16-10-12-5-3-2-4-6-12/h7-9,12,17H,2-6,10H2,1H3,(H,16,18). The lowest BCUT2D eigenvalue weighted by atomic mass is 9.89. The second-order valence-corrected chi connectivity index (χ2v) is 5.22. The minimum absolute atomic E-state index is 0.0383. The number of phenols is 1. The molecule has 0 radical (unpaired) electrons. The first-order chi connectivity index (χ1) is 8.66. The van der Waals surface area contributed by atoms with Crippen molar-refractivity contribution >= 4 is 5.91 Å². The summed E-state index contributed by atoms with van der Waals surface area (Å²) < 4.78 is 0. The van der Waals surface area contributed by atoms with E-state index in [1.807, 2.05) is 0 Å². The number of carbonyl (C=O) groups excluding carboxylic acids is 1. The molecule has 0 heterocycles. The van der Waals surface area contributed by atoms with Gasteiger partial charge in [-0.2, -0.15) is 0 Å². The topological polar surface area (TPSA) is 49.3 Å². The van der Waals surface area contributed by atoms with Crippen LogP contribution in [0, 0.1) is 12.8 Å². The Kier molecular flexibility index (Phi) is 4.24. The molecule has 18 heavy (non-hydrogen) atoms. The highest BCUT2D eigenvalue weighted by Crippen LogP contribution is 2.23. The Labute approximate surface area is 108 Å². The minimum atomic E-state index is -0.0383. The summed E-state index contributed by atoms with van der Waals surface area (Å²) in [6, 6.07) is 4.97. The molecule has 98 valence electrons. The predicted octanol–water partition coefficient (Wildman–Crippen LogP) is 3.01. The van der Waals surface area contributed by atoms with Gasteiger partial charge in [-0.15, -0.1) is 0 Å². The molecule has 3 nitrogen and oxygen atoms in total. The van der Waals surface area contributed by atoms with Crippen molar-refractivity contribution in [3.63, 3.8) is 0 Å². The van der Waals surface area contributed by atoms with E-state index in [1.54, 1.807) is 25.1 Å². The summed E-state index contributed by atoms with van der Waals surface area (Å²) in [5.41, 5.74) is 1.36. The largest absolute Gasteiger partial charge is 0.508 e. The Morgan fingerprint density at radius 2 is 2.06 bits per heavy atom. The predicted molar refractivity (Wildman–Crippen MR) is 71.8 cm³/mol. The van der Waals surface area contributed by atoms with Crippen LogP contribution in [0.5, 0.6) is 5.75 Å². The molecule has 1 aliphatic rings. The van der Waals surface area contributed by atoms with Gasteiger partial charge < -0.3 is 10.4 Å². The van der Waals surface area contributed by atoms with Crippen LogP contribution in [0.15, 0.2) is 18.2 Å². The van der Waals surface area contributed by atoms with Crippen molar-refractivity contribution in [3.05, 3.63) is 29.3 Å². The van der Waals surface area contributed by atoms with Gasteiger partial charge >= 0.3 is 0 Å². The van der Waals surface area contributed by atoms with Crippen LogP contribution in [0.25, 0.3) is 0 Å². The van der Waals surface area contributed by atoms with Crippen molar-refractivity contribution < 1.29 is 9.90 Å². The summed E-state index contributed by atoms with van der Waals surface area (Å²) in [7, 11) is 0. The average Bonchev–Trinajstić information content (AvgIpc) is 2.40. The molecule has 0 bridgehead atoms. The second-order valence-electron chi connectivity index (χ2n) is 5.22. The quantitative estimate of drug-likeness (QED) is 0.862. The van der Waals surface area contributed by atoms with E-state index in [2.05, 4.69) is 5.32 Å². The molecule has 1 aliphatic carbocycles. The molecule has 1 amide bonds. The number of nitrogens with one attached hydrogen (secondary N) is 1. The lowest BCUT2D eigenvalue weighted by molar-refractivity contribution is 0.0943. The van der Waals surface area contributed by atoms with Crippen LogP contribution in [0.3, 0.4) is 0 Å². The molecule has 0 atom stereocenters. The minimum Gasteiger partial charge on any atom is -0.508 e. The smallest absolute Gasteiger partial charge is 0.251 e. The van der Waals surface area contributed by atoms with Crippen LogP contribution in [-0.4, -0.2) is 17.6 Å². The van der Waals surface area contributed by atoms with Gasteiger partial charge in [0.1, 0.15) is 5.75 Å². The van der Waals surface area contributed by atoms with Gasteiger partial charge in [0.25, 0.3) is 5.91 Å². The van der Waals surface area contributed by atoms with Gasteiger partial charge in [-0.05, 0) is 49.4 Å². The molecule has 0 aromatic heterocycles. The van der Waals surface area contributed by atoms with Crippen molar-refractivity contribution in [1.29, 1.82) is 0 Å². The molecule has 1 aromatic rings. The highest BCUT2D eigenvalue weighted by molar-refractivity contribution is 5.94. The van der Waals surface area contributed by atoms with Crippen molar-refractivity contribution in [2.75, 3.05) is 6.54 Å². The Morgan fingerprint density at radius 1 is 1.33 bits per heavy atom. The van der Waals surface area contributed by atoms with Crippen molar-refractivity contribution in [3.8, 4) is 5.75 Å². The van der Waals surface area contributed by atoms with Crippen LogP contribution in [0.2, 0.25) is 0 Å². The summed E-state index contributed by atoms with van der Waals surface area (Å²) >= 11 is 0. The SMILES string of the molecule is Cc1cc(C(=O)NCC2CCCCC2)ccc1O. The number of hydrogen-bond acceptors (Lipinski definition) is 2. The maximum atomic E-state index is 12.0. The summed E-state index contributed by atoms with van der Waals surface area (Å²) in [6.45, 7) is 2.58. The Bertz CT molecular complexity index is 423. The maximum absolute atomic E-state index is 12.0. The molecular weight excluding hydrogens is 226 g/mol. The zero-order valence-corrected chi connectivity index (χ0v) is 10.9. The fourth-order valence-corrected chi connectivity index (χ4v) is 2.53. The normalized spacial score (nSPS) is 16.5. The molecule has 1 aromatic carbocycles. The summed E-state index contributed by atoms with van der Waals surface area (Å²) in [5, 5.41) is 12.4. The highest BCUT2D eigenvalue weighted by atomic mass is 16.3. The molecule has 0 unspecified atom stereocenters. The zero-order valence-electron chi connectivity index (χ0n) is 10.9. The molecule has 2 N–H and O–H groups in total. The third-order valence-electron chi connectivity index (χ3n) is 3.74. The van der Waals surface area contributed by atoms with Gasteiger partial charge in [0.2, 0.25) is 0 Å². The number of benzene rings is 1. The van der Waals surface area contributed by atoms with Gasteiger partial charge in [0.05, 0.1) is 0 Å². The van der Waals surface area contributed by atoms with E-state index in [0.717, 1.165) is 12.1 Å². The van der Waals surface area contributed by atoms with E-state index in [9.17, 15) is 9.90 Å². The first-order valence-electron chi connectivity index (χ1n) is 6.74. The van der Waals surface area contributed by atoms with Crippen LogP contribution < -0.4 is 5.32 Å². The average molecular weight is 247 g/mol. The Balaban J connectivity index is 1.88. The van der Waals surface area contributed by atoms with Crippen molar-refractivity contribution in [2.24, 2.45) is 5.92 Å². The lowest BCUT2D eigenvalue weighted by Crippen LogP contribution is -2.30. The van der Waals surface area contributed by atoms with Crippen LogP contribution in [0.4, 0.5) is 0 Å². The first kappa shape index (κ1) is 12.9. The third-order valence-corrected chi connectivity index (χ3v) is 3.74. The van der Waals surface area contributed by atoms with E-state index >= 15 is 0 Å². The summed E-state index contributed by atoms with van der Waals surface area (Å²) in [5.74, 6) is 0.836. The molecule has 1 saturated carbocycles. The molecule has 0 saturated heterocycles. The van der Waals surface area contributed by atoms with Crippen molar-refractivity contribution in [2.45, 2.75) is 39.0 Å². The Morgan fingerprint density at radius 3 is 2.72 bits per heavy atom. The monoisotopic (exact) mass is 247 g/mol. The lowest BCUT2D eigenvalue weighted by Gasteiger charge is -2.21. The first-order valence-corrected chi connectivity index (χ1v) is 6.74. The van der Waals surface area contributed by atoms with Gasteiger partial charge in [0, 0.05) is 12.1 Å². The number of aromatic hydroxyl groups is 1. The number of amides is 1. The molecule has 0 aliphatic heterocycles. The highest BCUT2D eigenvalue weighted by Gasteiger charge is 2.15. The molecule has 2 rings (SSSR count). The van der Waals surface area contributed by atoms with Crippen molar-refractivity contribution in [1.82, 2.24) is 5.32 Å². The fourth-order valence-electron chi connectivity index (χ4n) is 2.53. The van der Waals surface area contributed by atoms with E-state index in [0.29, 0.717) is 11.5 Å². The maximum Gasteiger partial charge on any atom is 0.251 e.